The number of thioether (sulfide) groups is 1. The molecule has 0 amide bonds. The van der Waals surface area contributed by atoms with Gasteiger partial charge in [-0.25, -0.2) is 4.79 Å². The molecule has 0 radical (unpaired) electrons. The number of carboxylic acids is 1. The third-order valence-electron chi connectivity index (χ3n) is 4.34. The topological polar surface area (TPSA) is 52.9 Å². The van der Waals surface area contributed by atoms with Crippen molar-refractivity contribution in [2.75, 3.05) is 19.0 Å². The van der Waals surface area contributed by atoms with Crippen molar-refractivity contribution in [1.29, 1.82) is 0 Å². The van der Waals surface area contributed by atoms with Crippen LogP contribution in [0.3, 0.4) is 0 Å². The number of rotatable bonds is 4. The molecule has 0 bridgehead atoms. The fourth-order valence-corrected chi connectivity index (χ4v) is 4.18. The van der Waals surface area contributed by atoms with Crippen LogP contribution >= 0.6 is 11.8 Å². The molecule has 1 heterocycles. The van der Waals surface area contributed by atoms with Crippen LogP contribution in [0.5, 0.6) is 0 Å². The highest BCUT2D eigenvalue weighted by atomic mass is 32.2. The average molecular weight is 381 g/mol. The number of benzene rings is 2. The summed E-state index contributed by atoms with van der Waals surface area (Å²) in [6.45, 7) is 4.32. The third kappa shape index (κ3) is 4.80. The number of carboxylic acid groups (broad SMARTS) is 1. The Morgan fingerprint density at radius 2 is 1.85 bits per heavy atom. The van der Waals surface area contributed by atoms with Crippen LogP contribution < -0.4 is 4.90 Å². The number of carbonyl (C=O) groups is 1. The Morgan fingerprint density at radius 3 is 2.48 bits per heavy atom. The SMILES string of the molecule is CN(C)c1ccc(/C=C/C2=Nc3ccc(C(=O)O)cc3SC(C)(C)C2)cc1. The van der Waals surface area contributed by atoms with E-state index < -0.39 is 5.97 Å². The number of fused-ring (bicyclic) bond motifs is 1. The van der Waals surface area contributed by atoms with E-state index in [1.165, 1.54) is 5.69 Å². The van der Waals surface area contributed by atoms with Crippen molar-refractivity contribution >= 4 is 40.9 Å². The normalized spacial score (nSPS) is 15.8. The van der Waals surface area contributed by atoms with E-state index in [1.807, 2.05) is 14.1 Å². The zero-order chi connectivity index (χ0) is 19.6. The lowest BCUT2D eigenvalue weighted by atomic mass is 10.0. The van der Waals surface area contributed by atoms with E-state index in [9.17, 15) is 9.90 Å². The molecule has 5 heteroatoms. The van der Waals surface area contributed by atoms with Gasteiger partial charge in [-0.1, -0.05) is 18.2 Å². The highest BCUT2D eigenvalue weighted by Gasteiger charge is 2.26. The highest BCUT2D eigenvalue weighted by molar-refractivity contribution is 8.00. The smallest absolute Gasteiger partial charge is 0.335 e. The zero-order valence-electron chi connectivity index (χ0n) is 16.1. The second-order valence-electron chi connectivity index (χ2n) is 7.45. The summed E-state index contributed by atoms with van der Waals surface area (Å²) in [4.78, 5) is 19.1. The molecular weight excluding hydrogens is 356 g/mol. The van der Waals surface area contributed by atoms with Crippen LogP contribution in [0.25, 0.3) is 6.08 Å². The lowest BCUT2D eigenvalue weighted by Crippen LogP contribution is -2.17. The Labute approximate surface area is 164 Å². The summed E-state index contributed by atoms with van der Waals surface area (Å²) in [7, 11) is 4.05. The van der Waals surface area contributed by atoms with Crippen molar-refractivity contribution in [2.45, 2.75) is 29.9 Å². The first kappa shape index (κ1) is 19.2. The van der Waals surface area contributed by atoms with Crippen molar-refractivity contribution in [2.24, 2.45) is 4.99 Å². The number of hydrogen-bond acceptors (Lipinski definition) is 4. The van der Waals surface area contributed by atoms with Gasteiger partial charge in [-0.15, -0.1) is 11.8 Å². The number of anilines is 1. The summed E-state index contributed by atoms with van der Waals surface area (Å²) in [5, 5.41) is 9.24. The van der Waals surface area contributed by atoms with E-state index in [1.54, 1.807) is 30.0 Å². The maximum atomic E-state index is 11.3. The minimum absolute atomic E-state index is 0.0691. The number of hydrogen-bond donors (Lipinski definition) is 1. The molecule has 1 aliphatic rings. The van der Waals surface area contributed by atoms with Gasteiger partial charge in [-0.3, -0.25) is 4.99 Å². The lowest BCUT2D eigenvalue weighted by molar-refractivity contribution is 0.0696. The van der Waals surface area contributed by atoms with Gasteiger partial charge in [0.25, 0.3) is 0 Å². The standard InChI is InChI=1S/C22H24N2O2S/c1-22(2)14-17(9-5-15-6-10-18(11-7-15)24(3)4)23-19-12-8-16(21(25)26)13-20(19)27-22/h5-13H,14H2,1-4H3,(H,25,26)/b9-5+. The molecule has 0 atom stereocenters. The molecule has 27 heavy (non-hydrogen) atoms. The van der Waals surface area contributed by atoms with E-state index in [4.69, 9.17) is 4.99 Å². The summed E-state index contributed by atoms with van der Waals surface area (Å²) < 4.78 is -0.0691. The molecule has 4 nitrogen and oxygen atoms in total. The van der Waals surface area contributed by atoms with Crippen LogP contribution in [-0.4, -0.2) is 35.6 Å². The first-order valence-electron chi connectivity index (χ1n) is 8.83. The Kier molecular flexibility index (Phi) is 5.42. The largest absolute Gasteiger partial charge is 0.478 e. The van der Waals surface area contributed by atoms with Crippen molar-refractivity contribution in [3.8, 4) is 0 Å². The van der Waals surface area contributed by atoms with Crippen LogP contribution in [-0.2, 0) is 0 Å². The Bertz CT molecular complexity index is 912. The molecule has 0 unspecified atom stereocenters. The maximum absolute atomic E-state index is 11.3. The Balaban J connectivity index is 1.90. The molecule has 0 aromatic heterocycles. The monoisotopic (exact) mass is 380 g/mol. The molecule has 0 fully saturated rings. The molecule has 2 aromatic rings. The second kappa shape index (κ2) is 7.61. The van der Waals surface area contributed by atoms with E-state index >= 15 is 0 Å². The Hall–Kier alpha value is -2.53. The maximum Gasteiger partial charge on any atom is 0.335 e. The van der Waals surface area contributed by atoms with Crippen molar-refractivity contribution in [3.05, 3.63) is 59.7 Å². The fraction of sp³-hybridized carbons (Fsp3) is 0.273. The molecule has 140 valence electrons. The molecule has 0 saturated carbocycles. The van der Waals surface area contributed by atoms with Gasteiger partial charge in [0, 0.05) is 41.6 Å². The lowest BCUT2D eigenvalue weighted by Gasteiger charge is -2.22. The van der Waals surface area contributed by atoms with Gasteiger partial charge in [0.05, 0.1) is 11.3 Å². The summed E-state index contributed by atoms with van der Waals surface area (Å²) in [6, 6.07) is 13.5. The van der Waals surface area contributed by atoms with Gasteiger partial charge < -0.3 is 10.0 Å². The van der Waals surface area contributed by atoms with Gasteiger partial charge >= 0.3 is 5.97 Å². The molecule has 1 aliphatic heterocycles. The van der Waals surface area contributed by atoms with Crippen molar-refractivity contribution in [3.63, 3.8) is 0 Å². The van der Waals surface area contributed by atoms with E-state index in [-0.39, 0.29) is 4.75 Å². The van der Waals surface area contributed by atoms with Crippen molar-refractivity contribution in [1.82, 2.24) is 0 Å². The first-order valence-corrected chi connectivity index (χ1v) is 9.64. The van der Waals surface area contributed by atoms with Gasteiger partial charge in [0.15, 0.2) is 0 Å². The number of allylic oxidation sites excluding steroid dienone is 1. The molecule has 2 aromatic carbocycles. The van der Waals surface area contributed by atoms with Crippen LogP contribution in [0.2, 0.25) is 0 Å². The molecule has 3 rings (SSSR count). The zero-order valence-corrected chi connectivity index (χ0v) is 16.9. The fourth-order valence-electron chi connectivity index (χ4n) is 2.96. The molecule has 0 spiro atoms. The van der Waals surface area contributed by atoms with Crippen LogP contribution in [0.15, 0.2) is 58.4 Å². The molecular formula is C22H24N2O2S. The highest BCUT2D eigenvalue weighted by Crippen LogP contribution is 2.43. The summed E-state index contributed by atoms with van der Waals surface area (Å²) in [5.74, 6) is -0.911. The number of nitrogens with zero attached hydrogens (tertiary/aromatic N) is 2. The van der Waals surface area contributed by atoms with Gasteiger partial charge in [0.1, 0.15) is 0 Å². The second-order valence-corrected chi connectivity index (χ2v) is 9.20. The third-order valence-corrected chi connectivity index (χ3v) is 5.59. The van der Waals surface area contributed by atoms with E-state index in [0.717, 1.165) is 28.3 Å². The molecule has 0 saturated heterocycles. The van der Waals surface area contributed by atoms with Crippen LogP contribution in [0, 0.1) is 0 Å². The number of aromatic carboxylic acids is 1. The molecule has 1 N–H and O–H groups in total. The summed E-state index contributed by atoms with van der Waals surface area (Å²) >= 11 is 1.68. The van der Waals surface area contributed by atoms with Crippen LogP contribution in [0.4, 0.5) is 11.4 Å². The Morgan fingerprint density at radius 1 is 1.15 bits per heavy atom. The van der Waals surface area contributed by atoms with Crippen LogP contribution in [0.1, 0.15) is 36.2 Å². The predicted molar refractivity (Wildman–Crippen MR) is 115 cm³/mol. The van der Waals surface area contributed by atoms with E-state index in [0.29, 0.717) is 5.56 Å². The minimum atomic E-state index is -0.911. The van der Waals surface area contributed by atoms with E-state index in [2.05, 4.69) is 55.2 Å². The van der Waals surface area contributed by atoms with Gasteiger partial charge in [-0.05, 0) is 55.8 Å². The average Bonchev–Trinajstić information content (AvgIpc) is 2.73. The summed E-state index contributed by atoms with van der Waals surface area (Å²) in [6.07, 6.45) is 4.95. The predicted octanol–water partition coefficient (Wildman–Crippen LogP) is 5.51. The van der Waals surface area contributed by atoms with Gasteiger partial charge in [-0.2, -0.15) is 0 Å². The van der Waals surface area contributed by atoms with Crippen molar-refractivity contribution < 1.29 is 9.90 Å². The quantitative estimate of drug-likeness (QED) is 0.760. The van der Waals surface area contributed by atoms with Gasteiger partial charge in [0.2, 0.25) is 0 Å². The summed E-state index contributed by atoms with van der Waals surface area (Å²) in [5.41, 5.74) is 4.41. The number of aliphatic imine (C=N–C) groups is 1. The minimum Gasteiger partial charge on any atom is -0.478 e. The first-order chi connectivity index (χ1) is 12.7. The molecule has 0 aliphatic carbocycles.